The average Bonchev–Trinajstić information content (AvgIpc) is 3.20. The van der Waals surface area contributed by atoms with Crippen molar-refractivity contribution in [2.45, 2.75) is 19.5 Å². The van der Waals surface area contributed by atoms with Gasteiger partial charge in [0.1, 0.15) is 12.4 Å². The maximum atomic E-state index is 13.1. The summed E-state index contributed by atoms with van der Waals surface area (Å²) in [6.45, 7) is 1.43. The van der Waals surface area contributed by atoms with Gasteiger partial charge in [-0.15, -0.1) is 5.10 Å². The molecule has 34 heavy (non-hydrogen) atoms. The van der Waals surface area contributed by atoms with E-state index >= 15 is 0 Å². The summed E-state index contributed by atoms with van der Waals surface area (Å²) in [5, 5.41) is 9.55. The van der Waals surface area contributed by atoms with Crippen LogP contribution in [0.15, 0.2) is 88.1 Å². The summed E-state index contributed by atoms with van der Waals surface area (Å²) in [5.74, 6) is -2.24. The molecule has 172 valence electrons. The first-order chi connectivity index (χ1) is 16.4. The predicted octanol–water partition coefficient (Wildman–Crippen LogP) is 3.77. The van der Waals surface area contributed by atoms with Crippen LogP contribution in [0.4, 0.5) is 10.1 Å². The van der Waals surface area contributed by atoms with Gasteiger partial charge < -0.3 is 15.1 Å². The maximum Gasteiger partial charge on any atom is 0.437 e. The first-order valence-electron chi connectivity index (χ1n) is 10.5. The molecule has 0 aliphatic carbocycles. The first kappa shape index (κ1) is 22.7. The fraction of sp³-hybridized carbons (Fsp3) is 0.120. The minimum atomic E-state index is -0.836. The summed E-state index contributed by atoms with van der Waals surface area (Å²) < 4.78 is 19.0. The molecule has 9 heteroatoms. The highest BCUT2D eigenvalue weighted by molar-refractivity contribution is 6.03. The number of amides is 2. The lowest BCUT2D eigenvalue weighted by molar-refractivity contribution is -0.117. The molecular formula is C25H21FN4O4. The van der Waals surface area contributed by atoms with Crippen molar-refractivity contribution in [2.75, 3.05) is 5.32 Å². The van der Waals surface area contributed by atoms with Crippen molar-refractivity contribution in [3.05, 3.63) is 106 Å². The van der Waals surface area contributed by atoms with Gasteiger partial charge in [0.15, 0.2) is 0 Å². The van der Waals surface area contributed by atoms with Crippen LogP contribution in [0, 0.1) is 5.82 Å². The van der Waals surface area contributed by atoms with Crippen molar-refractivity contribution < 1.29 is 18.4 Å². The van der Waals surface area contributed by atoms with Gasteiger partial charge in [-0.3, -0.25) is 9.59 Å². The fourth-order valence-electron chi connectivity index (χ4n) is 3.33. The third-order valence-corrected chi connectivity index (χ3v) is 5.08. The monoisotopic (exact) mass is 460 g/mol. The van der Waals surface area contributed by atoms with Crippen molar-refractivity contribution in [1.29, 1.82) is 0 Å². The Morgan fingerprint density at radius 1 is 1.00 bits per heavy atom. The predicted molar refractivity (Wildman–Crippen MR) is 124 cm³/mol. The van der Waals surface area contributed by atoms with Crippen molar-refractivity contribution >= 4 is 17.5 Å². The number of hydrogen-bond acceptors (Lipinski definition) is 5. The van der Waals surface area contributed by atoms with Crippen molar-refractivity contribution in [1.82, 2.24) is 15.1 Å². The number of benzene rings is 3. The average molecular weight is 460 g/mol. The topological polar surface area (TPSA) is 106 Å². The smallest absolute Gasteiger partial charge is 0.388 e. The fourth-order valence-corrected chi connectivity index (χ4v) is 3.33. The van der Waals surface area contributed by atoms with Crippen LogP contribution in [-0.2, 0) is 11.3 Å². The van der Waals surface area contributed by atoms with Crippen LogP contribution in [0.25, 0.3) is 11.5 Å². The Hall–Kier alpha value is -4.53. The second kappa shape index (κ2) is 9.95. The quantitative estimate of drug-likeness (QED) is 0.437. The Bertz CT molecular complexity index is 1360. The number of aromatic nitrogens is 2. The summed E-state index contributed by atoms with van der Waals surface area (Å²) >= 11 is 0. The van der Waals surface area contributed by atoms with E-state index in [1.807, 2.05) is 37.3 Å². The molecule has 2 amide bonds. The van der Waals surface area contributed by atoms with E-state index in [1.54, 1.807) is 24.3 Å². The van der Waals surface area contributed by atoms with Crippen LogP contribution in [0.5, 0.6) is 0 Å². The van der Waals surface area contributed by atoms with Gasteiger partial charge in [-0.1, -0.05) is 42.5 Å². The molecule has 1 heterocycles. The number of anilines is 1. The van der Waals surface area contributed by atoms with E-state index in [9.17, 15) is 18.8 Å². The number of nitrogens with one attached hydrogen (secondary N) is 2. The molecule has 1 aromatic heterocycles. The van der Waals surface area contributed by atoms with Gasteiger partial charge in [-0.2, -0.15) is 4.68 Å². The Labute approximate surface area is 194 Å². The van der Waals surface area contributed by atoms with E-state index in [2.05, 4.69) is 15.7 Å². The van der Waals surface area contributed by atoms with Gasteiger partial charge in [-0.25, -0.2) is 9.18 Å². The van der Waals surface area contributed by atoms with Gasteiger partial charge in [0.2, 0.25) is 11.8 Å². The molecule has 1 unspecified atom stereocenters. The van der Waals surface area contributed by atoms with Gasteiger partial charge in [0.25, 0.3) is 5.91 Å². The molecule has 4 aromatic rings. The molecule has 4 rings (SSSR count). The molecule has 0 aliphatic rings. The van der Waals surface area contributed by atoms with Crippen LogP contribution >= 0.6 is 0 Å². The molecule has 1 atom stereocenters. The van der Waals surface area contributed by atoms with Crippen LogP contribution in [0.1, 0.15) is 28.9 Å². The van der Waals surface area contributed by atoms with Crippen molar-refractivity contribution in [2.24, 2.45) is 0 Å². The normalized spacial score (nSPS) is 11.6. The summed E-state index contributed by atoms with van der Waals surface area (Å²) in [5.41, 5.74) is 1.91. The number of halogens is 1. The third-order valence-electron chi connectivity index (χ3n) is 5.08. The zero-order chi connectivity index (χ0) is 24.1. The highest BCUT2D eigenvalue weighted by Gasteiger charge is 2.18. The Kier molecular flexibility index (Phi) is 6.63. The van der Waals surface area contributed by atoms with E-state index in [0.29, 0.717) is 11.3 Å². The second-order valence-electron chi connectivity index (χ2n) is 7.54. The number of hydrogen-bond donors (Lipinski definition) is 2. The molecule has 8 nitrogen and oxygen atoms in total. The largest absolute Gasteiger partial charge is 0.437 e. The van der Waals surface area contributed by atoms with E-state index in [0.717, 1.165) is 10.2 Å². The van der Waals surface area contributed by atoms with E-state index in [-0.39, 0.29) is 23.4 Å². The SMILES string of the molecule is CC(NC(=O)c1ccccc1NC(=O)Cn1nc(-c2ccc(F)cc2)oc1=O)c1ccccc1. The second-order valence-corrected chi connectivity index (χ2v) is 7.54. The number of carbonyl (C=O) groups is 2. The zero-order valence-corrected chi connectivity index (χ0v) is 18.2. The highest BCUT2D eigenvalue weighted by Crippen LogP contribution is 2.19. The minimum absolute atomic E-state index is 0.0347. The van der Waals surface area contributed by atoms with E-state index < -0.39 is 24.0 Å². The first-order valence-corrected chi connectivity index (χ1v) is 10.5. The van der Waals surface area contributed by atoms with Crippen LogP contribution in [0.3, 0.4) is 0 Å². The minimum Gasteiger partial charge on any atom is -0.388 e. The number of nitrogens with zero attached hydrogens (tertiary/aromatic N) is 2. The molecule has 0 saturated carbocycles. The van der Waals surface area contributed by atoms with Gasteiger partial charge in [0, 0.05) is 5.56 Å². The number of carbonyl (C=O) groups excluding carboxylic acids is 2. The van der Waals surface area contributed by atoms with Crippen molar-refractivity contribution in [3.63, 3.8) is 0 Å². The summed E-state index contributed by atoms with van der Waals surface area (Å²) in [6, 6.07) is 21.1. The molecule has 0 radical (unpaired) electrons. The highest BCUT2D eigenvalue weighted by atomic mass is 19.1. The standard InChI is InChI=1S/C25H21FN4O4/c1-16(17-7-3-2-4-8-17)27-23(32)20-9-5-6-10-21(20)28-22(31)15-30-25(33)34-24(29-30)18-11-13-19(26)14-12-18/h2-14,16H,15H2,1H3,(H,27,32)(H,28,31). The summed E-state index contributed by atoms with van der Waals surface area (Å²) in [7, 11) is 0. The Morgan fingerprint density at radius 2 is 1.68 bits per heavy atom. The number of para-hydroxylation sites is 1. The molecule has 3 aromatic carbocycles. The van der Waals surface area contributed by atoms with E-state index in [1.165, 1.54) is 24.3 Å². The Balaban J connectivity index is 1.45. The van der Waals surface area contributed by atoms with Gasteiger partial charge in [-0.05, 0) is 48.9 Å². The third kappa shape index (κ3) is 5.26. The lowest BCUT2D eigenvalue weighted by Crippen LogP contribution is -2.29. The van der Waals surface area contributed by atoms with Crippen LogP contribution in [0.2, 0.25) is 0 Å². The molecule has 2 N–H and O–H groups in total. The Morgan fingerprint density at radius 3 is 2.41 bits per heavy atom. The molecular weight excluding hydrogens is 439 g/mol. The lowest BCUT2D eigenvalue weighted by Gasteiger charge is -2.16. The van der Waals surface area contributed by atoms with E-state index in [4.69, 9.17) is 4.42 Å². The molecule has 0 aliphatic heterocycles. The lowest BCUT2D eigenvalue weighted by atomic mass is 10.1. The van der Waals surface area contributed by atoms with Crippen LogP contribution < -0.4 is 16.4 Å². The van der Waals surface area contributed by atoms with Gasteiger partial charge in [0.05, 0.1) is 17.3 Å². The summed E-state index contributed by atoms with van der Waals surface area (Å²) in [6.07, 6.45) is 0. The van der Waals surface area contributed by atoms with Gasteiger partial charge >= 0.3 is 5.76 Å². The summed E-state index contributed by atoms with van der Waals surface area (Å²) in [4.78, 5) is 37.6. The molecule has 0 fully saturated rings. The van der Waals surface area contributed by atoms with Crippen molar-refractivity contribution in [3.8, 4) is 11.5 Å². The van der Waals surface area contributed by atoms with Crippen LogP contribution in [-0.4, -0.2) is 21.6 Å². The maximum absolute atomic E-state index is 13.1. The molecule has 0 bridgehead atoms. The number of rotatable bonds is 7. The molecule has 0 spiro atoms. The zero-order valence-electron chi connectivity index (χ0n) is 18.2. The molecule has 0 saturated heterocycles.